The van der Waals surface area contributed by atoms with Crippen LogP contribution in [-0.4, -0.2) is 58.8 Å². The summed E-state index contributed by atoms with van der Waals surface area (Å²) in [5.41, 5.74) is 0. The van der Waals surface area contributed by atoms with Crippen LogP contribution < -0.4 is 5.32 Å². The van der Waals surface area contributed by atoms with Crippen molar-refractivity contribution in [2.75, 3.05) is 0 Å². The van der Waals surface area contributed by atoms with Gasteiger partial charge in [-0.2, -0.15) is 57.1 Å². The van der Waals surface area contributed by atoms with E-state index in [4.69, 9.17) is 5.11 Å². The lowest BCUT2D eigenvalue weighted by Crippen LogP contribution is -2.72. The number of aliphatic carboxylic acids is 1. The van der Waals surface area contributed by atoms with Gasteiger partial charge >= 0.3 is 41.8 Å². The monoisotopic (exact) mass is 477 g/mol. The van der Waals surface area contributed by atoms with Gasteiger partial charge in [-0.05, 0) is 6.42 Å². The second-order valence-corrected chi connectivity index (χ2v) is 5.88. The maximum absolute atomic E-state index is 13.6. The van der Waals surface area contributed by atoms with Crippen molar-refractivity contribution in [2.45, 2.75) is 68.0 Å². The molecule has 17 heteroatoms. The maximum Gasteiger partial charge on any atom is 0.460 e. The topological polar surface area (TPSA) is 66.4 Å². The third-order valence-electron chi connectivity index (χ3n) is 3.67. The molecule has 4 nitrogen and oxygen atoms in total. The summed E-state index contributed by atoms with van der Waals surface area (Å²) in [7, 11) is 0. The largest absolute Gasteiger partial charge is 0.480 e. The molecule has 0 aliphatic heterocycles. The quantitative estimate of drug-likeness (QED) is 0.456. The second kappa shape index (κ2) is 8.28. The Bertz CT molecular complexity index is 645. The van der Waals surface area contributed by atoms with E-state index in [2.05, 4.69) is 0 Å². The smallest absolute Gasteiger partial charge is 0.460 e. The first-order chi connectivity index (χ1) is 13.0. The number of nitrogens with one attached hydrogen (secondary N) is 1. The minimum absolute atomic E-state index is 0.148. The van der Waals surface area contributed by atoms with E-state index in [0.29, 0.717) is 5.32 Å². The number of alkyl halides is 13. The number of carbonyl (C=O) groups excluding carboxylic acids is 1. The summed E-state index contributed by atoms with van der Waals surface area (Å²) in [6.45, 7) is 1.41. The molecule has 30 heavy (non-hydrogen) atoms. The van der Waals surface area contributed by atoms with Gasteiger partial charge < -0.3 is 10.4 Å². The Morgan fingerprint density at radius 3 is 1.50 bits per heavy atom. The molecule has 0 saturated heterocycles. The van der Waals surface area contributed by atoms with Crippen LogP contribution in [0.1, 0.15) is 26.2 Å². The molecule has 0 radical (unpaired) electrons. The van der Waals surface area contributed by atoms with Gasteiger partial charge in [0.2, 0.25) is 0 Å². The molecule has 0 aromatic carbocycles. The van der Waals surface area contributed by atoms with Crippen molar-refractivity contribution < 1.29 is 71.8 Å². The third kappa shape index (κ3) is 4.38. The molecule has 0 saturated carbocycles. The molecular weight excluding hydrogens is 465 g/mol. The predicted molar refractivity (Wildman–Crippen MR) is 69.9 cm³/mol. The molecule has 2 N–H and O–H groups in total. The van der Waals surface area contributed by atoms with Crippen molar-refractivity contribution in [1.82, 2.24) is 5.32 Å². The normalized spacial score (nSPS) is 15.7. The molecule has 0 unspecified atom stereocenters. The van der Waals surface area contributed by atoms with Crippen LogP contribution in [0.4, 0.5) is 57.1 Å². The fourth-order valence-electron chi connectivity index (χ4n) is 1.83. The molecule has 0 aromatic rings. The summed E-state index contributed by atoms with van der Waals surface area (Å²) in [6, 6.07) is -2.41. The van der Waals surface area contributed by atoms with E-state index in [0.717, 1.165) is 0 Å². The number of halogens is 13. The highest BCUT2D eigenvalue weighted by Crippen LogP contribution is 2.60. The molecule has 0 aliphatic carbocycles. The number of amides is 1. The van der Waals surface area contributed by atoms with E-state index in [1.165, 1.54) is 6.92 Å². The summed E-state index contributed by atoms with van der Waals surface area (Å²) in [5, 5.41) is 9.30. The van der Waals surface area contributed by atoms with Gasteiger partial charge in [0, 0.05) is 0 Å². The summed E-state index contributed by atoms with van der Waals surface area (Å²) in [5.74, 6) is -44.8. The molecule has 0 spiro atoms. The first-order valence-electron chi connectivity index (χ1n) is 7.53. The molecule has 1 atom stereocenters. The van der Waals surface area contributed by atoms with Crippen LogP contribution in [0.3, 0.4) is 0 Å². The van der Waals surface area contributed by atoms with Crippen LogP contribution >= 0.6 is 0 Å². The predicted octanol–water partition coefficient (Wildman–Crippen LogP) is 4.48. The zero-order valence-corrected chi connectivity index (χ0v) is 14.4. The lowest BCUT2D eigenvalue weighted by Gasteiger charge is -2.39. The molecule has 0 aromatic heterocycles. The first-order valence-corrected chi connectivity index (χ1v) is 7.53. The Kier molecular flexibility index (Phi) is 7.74. The number of unbranched alkanes of at least 4 members (excludes halogenated alkanes) is 1. The minimum atomic E-state index is -8.14. The summed E-state index contributed by atoms with van der Waals surface area (Å²) in [6.07, 6.45) is -8.28. The minimum Gasteiger partial charge on any atom is -0.480 e. The SMILES string of the molecule is CCCC[C@H](NC(=O)C(F)(F)C(F)(F)C(F)(F)C(F)(F)C(F)(F)C(F)(F)F)C(=O)O. The van der Waals surface area contributed by atoms with Crippen LogP contribution in [0.25, 0.3) is 0 Å². The van der Waals surface area contributed by atoms with Crippen LogP contribution in [0.5, 0.6) is 0 Å². The number of carbonyl (C=O) groups is 2. The highest BCUT2D eigenvalue weighted by atomic mass is 19.4. The van der Waals surface area contributed by atoms with Gasteiger partial charge in [0.25, 0.3) is 5.91 Å². The van der Waals surface area contributed by atoms with Crippen molar-refractivity contribution in [3.8, 4) is 0 Å². The highest BCUT2D eigenvalue weighted by molar-refractivity contribution is 5.89. The summed E-state index contributed by atoms with van der Waals surface area (Å²) < 4.78 is 168. The van der Waals surface area contributed by atoms with Gasteiger partial charge in [0.05, 0.1) is 0 Å². The third-order valence-corrected chi connectivity index (χ3v) is 3.67. The van der Waals surface area contributed by atoms with E-state index in [1.807, 2.05) is 0 Å². The van der Waals surface area contributed by atoms with Crippen LogP contribution in [0.2, 0.25) is 0 Å². The molecule has 178 valence electrons. The van der Waals surface area contributed by atoms with Gasteiger partial charge in [-0.25, -0.2) is 4.79 Å². The average Bonchev–Trinajstić information content (AvgIpc) is 2.56. The van der Waals surface area contributed by atoms with E-state index < -0.39 is 60.1 Å². The maximum atomic E-state index is 13.6. The van der Waals surface area contributed by atoms with E-state index in [1.54, 1.807) is 0 Å². The number of carboxylic acid groups (broad SMARTS) is 1. The van der Waals surface area contributed by atoms with Gasteiger partial charge in [-0.1, -0.05) is 19.8 Å². The number of hydrogen-bond acceptors (Lipinski definition) is 2. The second-order valence-electron chi connectivity index (χ2n) is 5.88. The van der Waals surface area contributed by atoms with Gasteiger partial charge in [0.15, 0.2) is 0 Å². The fourth-order valence-corrected chi connectivity index (χ4v) is 1.83. The molecule has 0 bridgehead atoms. The standard InChI is InChI=1S/C13H12F13NO3/c1-2-3-4-5(6(28)29)27-7(30)8(14,15)9(16,17)10(18,19)11(20,21)12(22,23)13(24,25)26/h5H,2-4H2,1H3,(H,27,30)(H,28,29)/t5-/m0/s1. The molecular formula is C13H12F13NO3. The van der Waals surface area contributed by atoms with E-state index in [9.17, 15) is 66.7 Å². The molecule has 0 heterocycles. The molecule has 1 amide bonds. The van der Waals surface area contributed by atoms with E-state index >= 15 is 0 Å². The van der Waals surface area contributed by atoms with Crippen molar-refractivity contribution >= 4 is 11.9 Å². The molecule has 0 aliphatic rings. The van der Waals surface area contributed by atoms with E-state index in [-0.39, 0.29) is 12.8 Å². The highest BCUT2D eigenvalue weighted by Gasteiger charge is 2.91. The zero-order chi connectivity index (χ0) is 24.6. The van der Waals surface area contributed by atoms with Gasteiger partial charge in [0.1, 0.15) is 6.04 Å². The Labute approximate surface area is 158 Å². The molecule has 0 rings (SSSR count). The Morgan fingerprint density at radius 2 is 1.17 bits per heavy atom. The Hall–Kier alpha value is -1.97. The summed E-state index contributed by atoms with van der Waals surface area (Å²) in [4.78, 5) is 22.0. The van der Waals surface area contributed by atoms with Crippen LogP contribution in [0.15, 0.2) is 0 Å². The van der Waals surface area contributed by atoms with Gasteiger partial charge in [-0.15, -0.1) is 0 Å². The van der Waals surface area contributed by atoms with Crippen LogP contribution in [0, 0.1) is 0 Å². The number of rotatable bonds is 10. The fraction of sp³-hybridized carbons (Fsp3) is 0.846. The molecule has 0 fully saturated rings. The average molecular weight is 477 g/mol. The Morgan fingerprint density at radius 1 is 0.767 bits per heavy atom. The number of hydrogen-bond donors (Lipinski definition) is 2. The lowest BCUT2D eigenvalue weighted by molar-refractivity contribution is -0.436. The van der Waals surface area contributed by atoms with Gasteiger partial charge in [-0.3, -0.25) is 4.79 Å². The van der Waals surface area contributed by atoms with Crippen molar-refractivity contribution in [3.05, 3.63) is 0 Å². The zero-order valence-electron chi connectivity index (χ0n) is 14.4. The van der Waals surface area contributed by atoms with Crippen LogP contribution in [-0.2, 0) is 9.59 Å². The van der Waals surface area contributed by atoms with Crippen molar-refractivity contribution in [2.24, 2.45) is 0 Å². The Balaban J connectivity index is 6.17. The summed E-state index contributed by atoms with van der Waals surface area (Å²) >= 11 is 0. The van der Waals surface area contributed by atoms with Crippen molar-refractivity contribution in [1.29, 1.82) is 0 Å². The number of carboxylic acids is 1. The van der Waals surface area contributed by atoms with Crippen molar-refractivity contribution in [3.63, 3.8) is 0 Å². The lowest BCUT2D eigenvalue weighted by atomic mass is 9.93. The first kappa shape index (κ1) is 28.0.